The van der Waals surface area contributed by atoms with Crippen LogP contribution >= 0.6 is 11.3 Å². The van der Waals surface area contributed by atoms with Gasteiger partial charge in [-0.3, -0.25) is 9.36 Å². The van der Waals surface area contributed by atoms with E-state index >= 15 is 0 Å². The molecule has 1 N–H and O–H groups in total. The van der Waals surface area contributed by atoms with Gasteiger partial charge >= 0.3 is 0 Å². The molecule has 0 radical (unpaired) electrons. The molecule has 1 amide bonds. The number of thiazole rings is 1. The number of imidazole rings is 1. The third-order valence-corrected chi connectivity index (χ3v) is 4.11. The number of anilines is 1. The number of aromatic nitrogens is 3. The van der Waals surface area contributed by atoms with Gasteiger partial charge in [0.2, 0.25) is 5.91 Å². The van der Waals surface area contributed by atoms with E-state index in [4.69, 9.17) is 0 Å². The van der Waals surface area contributed by atoms with Gasteiger partial charge in [0.05, 0.1) is 11.9 Å². The molecule has 0 aliphatic carbocycles. The van der Waals surface area contributed by atoms with Gasteiger partial charge in [0.25, 0.3) is 0 Å². The van der Waals surface area contributed by atoms with Crippen LogP contribution in [-0.4, -0.2) is 20.4 Å². The lowest BCUT2D eigenvalue weighted by Crippen LogP contribution is -2.13. The van der Waals surface area contributed by atoms with Crippen LogP contribution in [0.3, 0.4) is 0 Å². The maximum absolute atomic E-state index is 11.6. The number of carbonyl (C=O) groups is 1. The summed E-state index contributed by atoms with van der Waals surface area (Å²) in [5.74, 6) is 1.40. The number of rotatable bonds is 4. The molecule has 0 bridgehead atoms. The van der Waals surface area contributed by atoms with Crippen molar-refractivity contribution in [1.29, 1.82) is 0 Å². The topological polar surface area (TPSA) is 59.8 Å². The van der Waals surface area contributed by atoms with Crippen molar-refractivity contribution in [1.82, 2.24) is 14.5 Å². The van der Waals surface area contributed by atoms with Crippen LogP contribution in [0, 0.1) is 6.92 Å². The Morgan fingerprint density at radius 2 is 2.09 bits per heavy atom. The molecule has 0 aliphatic rings. The minimum Gasteiger partial charge on any atom is -0.310 e. The van der Waals surface area contributed by atoms with E-state index < -0.39 is 0 Å². The molecule has 0 aliphatic heterocycles. The van der Waals surface area contributed by atoms with Crippen molar-refractivity contribution in [3.05, 3.63) is 47.7 Å². The van der Waals surface area contributed by atoms with Gasteiger partial charge in [-0.2, -0.15) is 0 Å². The summed E-state index contributed by atoms with van der Waals surface area (Å²) < 4.78 is 1.87. The molecule has 0 atom stereocenters. The van der Waals surface area contributed by atoms with Gasteiger partial charge in [0, 0.05) is 17.4 Å². The van der Waals surface area contributed by atoms with E-state index in [9.17, 15) is 4.79 Å². The maximum atomic E-state index is 11.6. The Morgan fingerprint density at radius 1 is 1.32 bits per heavy atom. The second-order valence-corrected chi connectivity index (χ2v) is 5.65. The minimum atomic E-state index is -0.0408. The maximum Gasteiger partial charge on any atom is 0.225 e. The van der Waals surface area contributed by atoms with Crippen molar-refractivity contribution < 1.29 is 4.79 Å². The SMILES string of the molecule is CCC(=O)Nc1cnc(C)n1-c1nc(-c2ccccc2)cs1. The molecule has 2 aromatic heterocycles. The van der Waals surface area contributed by atoms with E-state index in [1.54, 1.807) is 6.20 Å². The number of aryl methyl sites for hydroxylation is 1. The molecule has 2 heterocycles. The van der Waals surface area contributed by atoms with Crippen LogP contribution in [0.25, 0.3) is 16.4 Å². The van der Waals surface area contributed by atoms with E-state index in [1.165, 1.54) is 11.3 Å². The molecule has 22 heavy (non-hydrogen) atoms. The monoisotopic (exact) mass is 312 g/mol. The van der Waals surface area contributed by atoms with E-state index in [0.717, 1.165) is 22.2 Å². The number of nitrogens with one attached hydrogen (secondary N) is 1. The molecule has 1 aromatic carbocycles. The van der Waals surface area contributed by atoms with Gasteiger partial charge in [0.1, 0.15) is 11.6 Å². The smallest absolute Gasteiger partial charge is 0.225 e. The predicted molar refractivity (Wildman–Crippen MR) is 88.3 cm³/mol. The molecule has 6 heteroatoms. The van der Waals surface area contributed by atoms with Crippen LogP contribution in [0.5, 0.6) is 0 Å². The zero-order valence-electron chi connectivity index (χ0n) is 12.4. The molecule has 3 rings (SSSR count). The Labute approximate surface area is 132 Å². The predicted octanol–water partition coefficient (Wildman–Crippen LogP) is 3.65. The first-order chi connectivity index (χ1) is 10.7. The molecule has 0 unspecified atom stereocenters. The average molecular weight is 312 g/mol. The van der Waals surface area contributed by atoms with Gasteiger partial charge in [-0.05, 0) is 6.92 Å². The molecule has 5 nitrogen and oxygen atoms in total. The molecule has 3 aromatic rings. The second kappa shape index (κ2) is 6.11. The first kappa shape index (κ1) is 14.5. The third-order valence-electron chi connectivity index (χ3n) is 3.28. The summed E-state index contributed by atoms with van der Waals surface area (Å²) in [6.07, 6.45) is 2.09. The first-order valence-electron chi connectivity index (χ1n) is 7.04. The fourth-order valence-corrected chi connectivity index (χ4v) is 3.01. The lowest BCUT2D eigenvalue weighted by molar-refractivity contribution is -0.115. The Bertz CT molecular complexity index is 792. The van der Waals surface area contributed by atoms with Gasteiger partial charge < -0.3 is 5.32 Å². The summed E-state index contributed by atoms with van der Waals surface area (Å²) in [4.78, 5) is 20.6. The molecule has 112 valence electrons. The quantitative estimate of drug-likeness (QED) is 0.800. The van der Waals surface area contributed by atoms with Crippen LogP contribution in [-0.2, 0) is 4.79 Å². The number of carbonyl (C=O) groups excluding carboxylic acids is 1. The lowest BCUT2D eigenvalue weighted by Gasteiger charge is -2.07. The summed E-state index contributed by atoms with van der Waals surface area (Å²) in [7, 11) is 0. The average Bonchev–Trinajstić information content (AvgIpc) is 3.15. The zero-order chi connectivity index (χ0) is 15.5. The third kappa shape index (κ3) is 2.78. The van der Waals surface area contributed by atoms with Crippen molar-refractivity contribution in [2.24, 2.45) is 0 Å². The zero-order valence-corrected chi connectivity index (χ0v) is 13.2. The van der Waals surface area contributed by atoms with Crippen molar-refractivity contribution in [3.63, 3.8) is 0 Å². The minimum absolute atomic E-state index is 0.0408. The van der Waals surface area contributed by atoms with Crippen molar-refractivity contribution in [3.8, 4) is 16.4 Å². The standard InChI is InChI=1S/C16H16N4OS/c1-3-15(21)19-14-9-17-11(2)20(14)16-18-13(10-22-16)12-7-5-4-6-8-12/h4-10H,3H2,1-2H3,(H,19,21). The fourth-order valence-electron chi connectivity index (χ4n) is 2.11. The van der Waals surface area contributed by atoms with Crippen LogP contribution in [0.4, 0.5) is 5.82 Å². The Morgan fingerprint density at radius 3 is 2.82 bits per heavy atom. The van der Waals surface area contributed by atoms with Crippen LogP contribution in [0.15, 0.2) is 41.9 Å². The molecular formula is C16H16N4OS. The van der Waals surface area contributed by atoms with Crippen LogP contribution in [0.1, 0.15) is 19.2 Å². The van der Waals surface area contributed by atoms with Crippen molar-refractivity contribution in [2.75, 3.05) is 5.32 Å². The highest BCUT2D eigenvalue weighted by Gasteiger charge is 2.14. The fraction of sp³-hybridized carbons (Fsp3) is 0.188. The lowest BCUT2D eigenvalue weighted by atomic mass is 10.2. The summed E-state index contributed by atoms with van der Waals surface area (Å²) >= 11 is 1.53. The normalized spacial score (nSPS) is 10.6. The molecule has 0 saturated carbocycles. The number of hydrogen-bond donors (Lipinski definition) is 1. The number of nitrogens with zero attached hydrogens (tertiary/aromatic N) is 3. The van der Waals surface area contributed by atoms with E-state index in [-0.39, 0.29) is 5.91 Å². The highest BCUT2D eigenvalue weighted by atomic mass is 32.1. The summed E-state index contributed by atoms with van der Waals surface area (Å²) in [6.45, 7) is 3.71. The summed E-state index contributed by atoms with van der Waals surface area (Å²) in [6, 6.07) is 10.0. The van der Waals surface area contributed by atoms with E-state index in [2.05, 4.69) is 15.3 Å². The van der Waals surface area contributed by atoms with Crippen molar-refractivity contribution >= 4 is 23.1 Å². The van der Waals surface area contributed by atoms with Crippen molar-refractivity contribution in [2.45, 2.75) is 20.3 Å². The Hall–Kier alpha value is -2.47. The van der Waals surface area contributed by atoms with Crippen LogP contribution in [0.2, 0.25) is 0 Å². The van der Waals surface area contributed by atoms with E-state index in [1.807, 2.05) is 54.1 Å². The van der Waals surface area contributed by atoms with Gasteiger partial charge in [-0.15, -0.1) is 11.3 Å². The number of amides is 1. The Balaban J connectivity index is 1.97. The van der Waals surface area contributed by atoms with Gasteiger partial charge in [0.15, 0.2) is 5.13 Å². The first-order valence-corrected chi connectivity index (χ1v) is 7.92. The number of benzene rings is 1. The van der Waals surface area contributed by atoms with Crippen LogP contribution < -0.4 is 5.32 Å². The van der Waals surface area contributed by atoms with Gasteiger partial charge in [-0.1, -0.05) is 37.3 Å². The van der Waals surface area contributed by atoms with E-state index in [0.29, 0.717) is 12.2 Å². The molecule has 0 fully saturated rings. The second-order valence-electron chi connectivity index (χ2n) is 4.81. The molecule has 0 saturated heterocycles. The Kier molecular flexibility index (Phi) is 4.02. The highest BCUT2D eigenvalue weighted by Crippen LogP contribution is 2.27. The highest BCUT2D eigenvalue weighted by molar-refractivity contribution is 7.12. The largest absolute Gasteiger partial charge is 0.310 e. The number of hydrogen-bond acceptors (Lipinski definition) is 4. The molecule has 0 spiro atoms. The van der Waals surface area contributed by atoms with Gasteiger partial charge in [-0.25, -0.2) is 9.97 Å². The summed E-state index contributed by atoms with van der Waals surface area (Å²) in [5, 5.41) is 5.66. The summed E-state index contributed by atoms with van der Waals surface area (Å²) in [5.41, 5.74) is 1.99. The molecular weight excluding hydrogens is 296 g/mol.